The van der Waals surface area contributed by atoms with Gasteiger partial charge in [0, 0.05) is 25.2 Å². The number of ketones is 3. The van der Waals surface area contributed by atoms with E-state index in [1.54, 1.807) is 6.92 Å². The van der Waals surface area contributed by atoms with Crippen LogP contribution in [0.4, 0.5) is 0 Å². The van der Waals surface area contributed by atoms with E-state index in [-0.39, 0.29) is 25.2 Å². The molecule has 1 rings (SSSR count). The van der Waals surface area contributed by atoms with Gasteiger partial charge in [-0.25, -0.2) is 0 Å². The molecule has 5 heteroatoms. The summed E-state index contributed by atoms with van der Waals surface area (Å²) in [5.74, 6) is -3.27. The molecule has 0 aromatic rings. The minimum absolute atomic E-state index is 0.128. The number of hydrogen-bond donors (Lipinski definition) is 0. The van der Waals surface area contributed by atoms with Crippen LogP contribution in [0.2, 0.25) is 0 Å². The summed E-state index contributed by atoms with van der Waals surface area (Å²) in [6.07, 6.45) is 0.633. The van der Waals surface area contributed by atoms with Crippen LogP contribution in [0.3, 0.4) is 0 Å². The molecule has 0 aromatic heterocycles. The molecule has 0 bridgehead atoms. The number of carbonyl (C=O) groups is 4. The van der Waals surface area contributed by atoms with Gasteiger partial charge in [-0.05, 0) is 13.3 Å². The molecule has 0 spiro atoms. The lowest BCUT2D eigenvalue weighted by Crippen LogP contribution is -2.41. The summed E-state index contributed by atoms with van der Waals surface area (Å²) in [6.45, 7) is 3.72. The van der Waals surface area contributed by atoms with E-state index < -0.39 is 29.4 Å². The molecule has 0 amide bonds. The Balaban J connectivity index is 2.86. The van der Waals surface area contributed by atoms with Gasteiger partial charge < -0.3 is 4.74 Å². The lowest BCUT2D eigenvalue weighted by molar-refractivity contribution is -0.158. The molecule has 0 aliphatic heterocycles. The van der Waals surface area contributed by atoms with E-state index in [1.165, 1.54) is 0 Å². The van der Waals surface area contributed by atoms with E-state index in [9.17, 15) is 19.2 Å². The van der Waals surface area contributed by atoms with Crippen molar-refractivity contribution in [1.29, 1.82) is 0 Å². The van der Waals surface area contributed by atoms with Gasteiger partial charge in [-0.2, -0.15) is 0 Å². The van der Waals surface area contributed by atoms with Crippen molar-refractivity contribution in [1.82, 2.24) is 0 Å². The van der Waals surface area contributed by atoms with Gasteiger partial charge >= 0.3 is 5.97 Å². The zero-order chi connectivity index (χ0) is 13.7. The molecule has 1 fully saturated rings. The zero-order valence-corrected chi connectivity index (χ0v) is 10.7. The van der Waals surface area contributed by atoms with Crippen molar-refractivity contribution in [2.24, 2.45) is 11.8 Å². The summed E-state index contributed by atoms with van der Waals surface area (Å²) in [6, 6.07) is 0. The Labute approximate surface area is 106 Å². The van der Waals surface area contributed by atoms with Crippen molar-refractivity contribution in [3.05, 3.63) is 0 Å². The first-order valence-electron chi connectivity index (χ1n) is 6.26. The summed E-state index contributed by atoms with van der Waals surface area (Å²) in [5, 5.41) is 0. The van der Waals surface area contributed by atoms with Gasteiger partial charge in [-0.3, -0.25) is 19.2 Å². The molecule has 1 aliphatic carbocycles. The van der Waals surface area contributed by atoms with E-state index in [1.807, 2.05) is 6.92 Å². The molecule has 18 heavy (non-hydrogen) atoms. The lowest BCUT2D eigenvalue weighted by atomic mass is 9.75. The van der Waals surface area contributed by atoms with E-state index in [4.69, 9.17) is 4.74 Å². The van der Waals surface area contributed by atoms with Crippen LogP contribution in [0.25, 0.3) is 0 Å². The molecular formula is C13H18O5. The third kappa shape index (κ3) is 3.24. The topological polar surface area (TPSA) is 77.5 Å². The molecule has 100 valence electrons. The van der Waals surface area contributed by atoms with E-state index in [0.717, 1.165) is 0 Å². The molecule has 0 heterocycles. The first kappa shape index (κ1) is 14.5. The normalized spacial score (nSPS) is 23.9. The van der Waals surface area contributed by atoms with Crippen LogP contribution in [-0.4, -0.2) is 29.9 Å². The van der Waals surface area contributed by atoms with Crippen molar-refractivity contribution in [2.45, 2.75) is 39.5 Å². The van der Waals surface area contributed by atoms with Crippen LogP contribution in [0.1, 0.15) is 39.5 Å². The minimum Gasteiger partial charge on any atom is -0.466 e. The third-order valence-corrected chi connectivity index (χ3v) is 3.11. The number of hydrogen-bond acceptors (Lipinski definition) is 5. The maximum atomic E-state index is 11.9. The highest BCUT2D eigenvalue weighted by Crippen LogP contribution is 2.29. The van der Waals surface area contributed by atoms with Crippen LogP contribution in [0, 0.1) is 11.8 Å². The number of esters is 1. The van der Waals surface area contributed by atoms with Crippen molar-refractivity contribution in [3.63, 3.8) is 0 Å². The average molecular weight is 254 g/mol. The van der Waals surface area contributed by atoms with Crippen molar-refractivity contribution < 1.29 is 23.9 Å². The maximum absolute atomic E-state index is 11.9. The van der Waals surface area contributed by atoms with Crippen LogP contribution >= 0.6 is 0 Å². The van der Waals surface area contributed by atoms with Gasteiger partial charge in [0.1, 0.15) is 5.78 Å². The Morgan fingerprint density at radius 2 is 1.67 bits per heavy atom. The predicted octanol–water partition coefficient (Wildman–Crippen LogP) is 1.08. The van der Waals surface area contributed by atoms with Gasteiger partial charge in [-0.1, -0.05) is 6.92 Å². The zero-order valence-electron chi connectivity index (χ0n) is 10.7. The monoisotopic (exact) mass is 254 g/mol. The molecule has 2 unspecified atom stereocenters. The van der Waals surface area contributed by atoms with Crippen molar-refractivity contribution in [2.75, 3.05) is 6.61 Å². The highest BCUT2D eigenvalue weighted by atomic mass is 16.5. The molecule has 2 atom stereocenters. The summed E-state index contributed by atoms with van der Waals surface area (Å²) in [4.78, 5) is 46.4. The highest BCUT2D eigenvalue weighted by Gasteiger charge is 2.42. The number of rotatable bonds is 5. The van der Waals surface area contributed by atoms with Crippen molar-refractivity contribution >= 4 is 23.3 Å². The quantitative estimate of drug-likeness (QED) is 0.542. The number of ether oxygens (including phenoxy) is 1. The van der Waals surface area contributed by atoms with Crippen LogP contribution in [-0.2, 0) is 23.9 Å². The molecule has 0 aromatic carbocycles. The second-order valence-electron chi connectivity index (χ2n) is 4.44. The van der Waals surface area contributed by atoms with Gasteiger partial charge in [0.25, 0.3) is 0 Å². The first-order valence-corrected chi connectivity index (χ1v) is 6.26. The Bertz CT molecular complexity index is 336. The Morgan fingerprint density at radius 1 is 1.11 bits per heavy atom. The largest absolute Gasteiger partial charge is 0.466 e. The molecule has 1 aliphatic rings. The average Bonchev–Trinajstić information content (AvgIpc) is 2.32. The molecular weight excluding hydrogens is 236 g/mol. The maximum Gasteiger partial charge on any atom is 0.310 e. The fourth-order valence-corrected chi connectivity index (χ4v) is 2.18. The second kappa shape index (κ2) is 6.42. The fourth-order valence-electron chi connectivity index (χ4n) is 2.18. The SMILES string of the molecule is CCCC(=O)C1CC(=O)C(=O)CC1C(=O)OCC. The highest BCUT2D eigenvalue weighted by molar-refractivity contribution is 6.38. The van der Waals surface area contributed by atoms with E-state index >= 15 is 0 Å². The molecule has 1 saturated carbocycles. The van der Waals surface area contributed by atoms with Gasteiger partial charge in [0.2, 0.25) is 0 Å². The Kier molecular flexibility index (Phi) is 5.19. The predicted molar refractivity (Wildman–Crippen MR) is 62.8 cm³/mol. The molecule has 5 nitrogen and oxygen atoms in total. The van der Waals surface area contributed by atoms with Crippen molar-refractivity contribution in [3.8, 4) is 0 Å². The number of Topliss-reactive ketones (excluding diaryl/α,β-unsaturated/α-hetero) is 3. The number of carbonyl (C=O) groups excluding carboxylic acids is 4. The molecule has 0 saturated heterocycles. The van der Waals surface area contributed by atoms with Crippen LogP contribution in [0.15, 0.2) is 0 Å². The Hall–Kier alpha value is -1.52. The summed E-state index contributed by atoms with van der Waals surface area (Å²) >= 11 is 0. The molecule has 0 radical (unpaired) electrons. The second-order valence-corrected chi connectivity index (χ2v) is 4.44. The summed E-state index contributed by atoms with van der Waals surface area (Å²) < 4.78 is 4.87. The van der Waals surface area contributed by atoms with E-state index in [2.05, 4.69) is 0 Å². The Morgan fingerprint density at radius 3 is 2.17 bits per heavy atom. The van der Waals surface area contributed by atoms with E-state index in [0.29, 0.717) is 12.8 Å². The summed E-state index contributed by atoms with van der Waals surface area (Å²) in [7, 11) is 0. The van der Waals surface area contributed by atoms with Crippen LogP contribution < -0.4 is 0 Å². The minimum atomic E-state index is -0.783. The van der Waals surface area contributed by atoms with Gasteiger partial charge in [0.15, 0.2) is 11.6 Å². The first-order chi connectivity index (χ1) is 8.51. The standard InChI is InChI=1S/C13H18O5/c1-3-5-10(14)8-6-11(15)12(16)7-9(8)13(17)18-4-2/h8-9H,3-7H2,1-2H3. The lowest BCUT2D eigenvalue weighted by Gasteiger charge is -2.27. The third-order valence-electron chi connectivity index (χ3n) is 3.11. The fraction of sp³-hybridized carbons (Fsp3) is 0.692. The van der Waals surface area contributed by atoms with Gasteiger partial charge in [0.05, 0.1) is 12.5 Å². The summed E-state index contributed by atoms with van der Waals surface area (Å²) in [5.41, 5.74) is 0. The smallest absolute Gasteiger partial charge is 0.310 e. The molecule has 0 N–H and O–H groups in total. The van der Waals surface area contributed by atoms with Crippen LogP contribution in [0.5, 0.6) is 0 Å². The van der Waals surface area contributed by atoms with Gasteiger partial charge in [-0.15, -0.1) is 0 Å².